The van der Waals surface area contributed by atoms with E-state index in [0.717, 1.165) is 33.0 Å². The molecule has 0 spiro atoms. The number of hydrogen-bond donors (Lipinski definition) is 0. The van der Waals surface area contributed by atoms with Crippen LogP contribution >= 0.6 is 0 Å². The summed E-state index contributed by atoms with van der Waals surface area (Å²) in [5.74, 6) is 1.03. The van der Waals surface area contributed by atoms with E-state index in [1.54, 1.807) is 0 Å². The Kier molecular flexibility index (Phi) is 8.65. The summed E-state index contributed by atoms with van der Waals surface area (Å²) < 4.78 is 0. The van der Waals surface area contributed by atoms with Gasteiger partial charge in [0, 0.05) is 16.7 Å². The molecule has 0 atom stereocenters. The van der Waals surface area contributed by atoms with Crippen molar-refractivity contribution in [2.24, 2.45) is 0 Å². The van der Waals surface area contributed by atoms with Gasteiger partial charge in [0.25, 0.3) is 0 Å². The van der Waals surface area contributed by atoms with E-state index in [-0.39, 0.29) is 44.1 Å². The summed E-state index contributed by atoms with van der Waals surface area (Å²) in [5, 5.41) is 5.41. The van der Waals surface area contributed by atoms with Crippen molar-refractivity contribution in [1.29, 1.82) is 0 Å². The fraction of sp³-hybridized carbons (Fsp3) is 0. The van der Waals surface area contributed by atoms with Gasteiger partial charge in [-0.25, -0.2) is 15.0 Å². The molecule has 0 amide bonds. The molecule has 0 unspecified atom stereocenters. The molecule has 9 aromatic rings. The number of rotatable bonds is 5. The predicted octanol–water partition coefficient (Wildman–Crippen LogP) is 3.22. The molecule has 0 saturated carbocycles. The first-order valence-electron chi connectivity index (χ1n) is 17.6. The highest BCUT2D eigenvalue weighted by Gasteiger charge is 2.22. The molecular formula is C45H22B7N3. The van der Waals surface area contributed by atoms with Crippen LogP contribution in [0.4, 0.5) is 0 Å². The second-order valence-corrected chi connectivity index (χ2v) is 13.6. The zero-order chi connectivity index (χ0) is 38.0. The molecule has 0 aliphatic heterocycles. The Morgan fingerprint density at radius 1 is 0.309 bits per heavy atom. The van der Waals surface area contributed by atoms with Gasteiger partial charge in [-0.2, -0.15) is 0 Å². The third-order valence-corrected chi connectivity index (χ3v) is 10.3. The average Bonchev–Trinajstić information content (AvgIpc) is 3.23. The topological polar surface area (TPSA) is 38.7 Å². The zero-order valence-corrected chi connectivity index (χ0v) is 29.6. The average molecular weight is 680 g/mol. The summed E-state index contributed by atoms with van der Waals surface area (Å²) >= 11 is 0. The van der Waals surface area contributed by atoms with Crippen LogP contribution in [-0.2, 0) is 0 Å². The van der Waals surface area contributed by atoms with Gasteiger partial charge in [-0.3, -0.25) is 0 Å². The van der Waals surface area contributed by atoms with E-state index in [4.69, 9.17) is 69.9 Å². The van der Waals surface area contributed by atoms with E-state index < -0.39 is 0 Å². The van der Waals surface area contributed by atoms with Gasteiger partial charge >= 0.3 is 0 Å². The minimum Gasteiger partial charge on any atom is -0.208 e. The number of aromatic nitrogens is 3. The lowest BCUT2D eigenvalue weighted by Gasteiger charge is -2.25. The summed E-state index contributed by atoms with van der Waals surface area (Å²) in [4.78, 5) is 14.8. The summed E-state index contributed by atoms with van der Waals surface area (Å²) in [7, 11) is 45.3. The molecule has 0 saturated heterocycles. The van der Waals surface area contributed by atoms with Crippen molar-refractivity contribution in [3.05, 3.63) is 133 Å². The van der Waals surface area contributed by atoms with E-state index in [1.165, 1.54) is 21.9 Å². The van der Waals surface area contributed by atoms with Crippen LogP contribution in [0.15, 0.2) is 133 Å². The largest absolute Gasteiger partial charge is 0.208 e. The standard InChI is InChI=1S/C45H22B7N3/c46-36-33-34(38(48)42(52)41(36)51)37(47)40(50)39(49)35(33)45-54-43(24-9-2-1-3-10-24)53-44(55-45)30-13-6-12-25(22-30)26-16-17-28-21-29(19-18-27(28)20-26)32-15-7-11-23-8-4-5-14-31(23)32/h1-22H. The van der Waals surface area contributed by atoms with Crippen molar-refractivity contribution in [3.63, 3.8) is 0 Å². The molecule has 0 fully saturated rings. The van der Waals surface area contributed by atoms with E-state index in [2.05, 4.69) is 91.0 Å². The van der Waals surface area contributed by atoms with Crippen LogP contribution in [0.1, 0.15) is 0 Å². The maximum absolute atomic E-state index is 6.70. The molecule has 3 nitrogen and oxygen atoms in total. The molecule has 0 aliphatic carbocycles. The van der Waals surface area contributed by atoms with E-state index in [9.17, 15) is 0 Å². The lowest BCUT2D eigenvalue weighted by Crippen LogP contribution is -2.52. The van der Waals surface area contributed by atoms with Crippen LogP contribution in [0.25, 0.3) is 88.7 Å². The van der Waals surface area contributed by atoms with Crippen molar-refractivity contribution in [3.8, 4) is 56.4 Å². The molecule has 9 rings (SSSR count). The van der Waals surface area contributed by atoms with Crippen molar-refractivity contribution < 1.29 is 0 Å². The molecule has 0 aliphatic rings. The maximum atomic E-state index is 6.70. The smallest absolute Gasteiger partial charge is 0.164 e. The summed E-state index contributed by atoms with van der Waals surface area (Å²) in [6.45, 7) is 0. The van der Waals surface area contributed by atoms with Crippen LogP contribution in [0.3, 0.4) is 0 Å². The molecule has 10 heteroatoms. The first-order valence-corrected chi connectivity index (χ1v) is 17.6. The summed E-state index contributed by atoms with van der Waals surface area (Å²) in [6.07, 6.45) is 0. The summed E-state index contributed by atoms with van der Waals surface area (Å²) in [6, 6.07) is 45.6. The Morgan fingerprint density at radius 2 is 0.818 bits per heavy atom. The van der Waals surface area contributed by atoms with Crippen molar-refractivity contribution in [2.75, 3.05) is 0 Å². The normalized spacial score (nSPS) is 11.4. The van der Waals surface area contributed by atoms with Crippen LogP contribution in [0.2, 0.25) is 0 Å². The van der Waals surface area contributed by atoms with Gasteiger partial charge in [0.2, 0.25) is 0 Å². The Morgan fingerprint density at radius 3 is 1.56 bits per heavy atom. The van der Waals surface area contributed by atoms with Gasteiger partial charge in [0.15, 0.2) is 17.5 Å². The molecule has 14 radical (unpaired) electrons. The van der Waals surface area contributed by atoms with Crippen LogP contribution in [0.5, 0.6) is 0 Å². The Labute approximate surface area is 328 Å². The highest BCUT2D eigenvalue weighted by Crippen LogP contribution is 2.34. The van der Waals surface area contributed by atoms with Gasteiger partial charge < -0.3 is 0 Å². The predicted molar refractivity (Wildman–Crippen MR) is 237 cm³/mol. The van der Waals surface area contributed by atoms with E-state index in [1.807, 2.05) is 42.5 Å². The minimum absolute atomic E-state index is 0.0975. The molecule has 1 aromatic heterocycles. The molecular weight excluding hydrogens is 658 g/mol. The lowest BCUT2D eigenvalue weighted by molar-refractivity contribution is 1.08. The van der Waals surface area contributed by atoms with Crippen molar-refractivity contribution in [1.82, 2.24) is 15.0 Å². The minimum atomic E-state index is 0.0975. The maximum Gasteiger partial charge on any atom is 0.164 e. The summed E-state index contributed by atoms with van der Waals surface area (Å²) in [5.41, 5.74) is 7.10. The van der Waals surface area contributed by atoms with E-state index in [0.29, 0.717) is 28.0 Å². The van der Waals surface area contributed by atoms with Gasteiger partial charge in [-0.1, -0.05) is 137 Å². The van der Waals surface area contributed by atoms with Crippen LogP contribution < -0.4 is 38.2 Å². The molecule has 1 heterocycles. The monoisotopic (exact) mass is 681 g/mol. The van der Waals surface area contributed by atoms with Gasteiger partial charge in [0.05, 0.1) is 0 Å². The number of benzene rings is 8. The quantitative estimate of drug-likeness (QED) is 0.263. The molecule has 55 heavy (non-hydrogen) atoms. The van der Waals surface area contributed by atoms with Gasteiger partial charge in [-0.05, 0) is 72.8 Å². The zero-order valence-electron chi connectivity index (χ0n) is 29.6. The fourth-order valence-electron chi connectivity index (χ4n) is 7.39. The second-order valence-electron chi connectivity index (χ2n) is 13.6. The lowest BCUT2D eigenvalue weighted by atomic mass is 9.59. The van der Waals surface area contributed by atoms with Gasteiger partial charge in [0.1, 0.15) is 54.9 Å². The number of fused-ring (bicyclic) bond motifs is 3. The molecule has 0 bridgehead atoms. The molecule has 0 N–H and O–H groups in total. The van der Waals surface area contributed by atoms with Crippen LogP contribution in [0, 0.1) is 0 Å². The highest BCUT2D eigenvalue weighted by atomic mass is 15.0. The first kappa shape index (κ1) is 34.8. The van der Waals surface area contributed by atoms with Crippen LogP contribution in [-0.4, -0.2) is 69.9 Å². The second kappa shape index (κ2) is 13.7. The van der Waals surface area contributed by atoms with Crippen molar-refractivity contribution >= 4 is 125 Å². The highest BCUT2D eigenvalue weighted by molar-refractivity contribution is 6.71. The Balaban J connectivity index is 1.18. The fourth-order valence-corrected chi connectivity index (χ4v) is 7.39. The number of hydrogen-bond acceptors (Lipinski definition) is 3. The SMILES string of the molecule is [B]c1c([B])c([B])c2c(-c3nc(-c4ccccc4)nc(-c4cccc(-c5ccc6cc(-c7cccc8ccccc78)ccc6c5)c4)n3)c([B])c([B])c([B])c2c1[B]. The number of nitrogens with zero attached hydrogens (tertiary/aromatic N) is 3. The third kappa shape index (κ3) is 5.92. The Bertz CT molecular complexity index is 3010. The Hall–Kier alpha value is -6.00. The third-order valence-electron chi connectivity index (χ3n) is 10.3. The first-order chi connectivity index (χ1) is 26.7. The van der Waals surface area contributed by atoms with E-state index >= 15 is 0 Å². The molecule has 8 aromatic carbocycles. The van der Waals surface area contributed by atoms with Gasteiger partial charge in [-0.15, -0.1) is 16.4 Å². The van der Waals surface area contributed by atoms with Crippen molar-refractivity contribution in [2.45, 2.75) is 0 Å². The molecule has 238 valence electrons.